The molecule has 1 atom stereocenters. The highest BCUT2D eigenvalue weighted by atomic mass is 32.2. The van der Waals surface area contributed by atoms with Gasteiger partial charge in [0.25, 0.3) is 0 Å². The maximum atomic E-state index is 14.2. The highest BCUT2D eigenvalue weighted by Gasteiger charge is 2.36. The van der Waals surface area contributed by atoms with Gasteiger partial charge in [0.15, 0.2) is 9.84 Å². The van der Waals surface area contributed by atoms with Crippen LogP contribution in [-0.4, -0.2) is 51.9 Å². The van der Waals surface area contributed by atoms with Gasteiger partial charge in [0.1, 0.15) is 18.2 Å². The molecule has 0 N–H and O–H groups in total. The van der Waals surface area contributed by atoms with Gasteiger partial charge in [-0.3, -0.25) is 4.90 Å². The van der Waals surface area contributed by atoms with E-state index in [1.54, 1.807) is 18.2 Å². The first-order valence-electron chi connectivity index (χ1n) is 14.0. The molecule has 0 spiro atoms. The molecule has 0 amide bonds. The van der Waals surface area contributed by atoms with Crippen LogP contribution in [0.15, 0.2) is 54.6 Å². The maximum Gasteiger partial charge on any atom is 0.213 e. The highest BCUT2D eigenvalue weighted by Crippen LogP contribution is 2.30. The summed E-state index contributed by atoms with van der Waals surface area (Å²) in [6, 6.07) is 18.1. The third kappa shape index (κ3) is 5.83. The average molecular weight is 574 g/mol. The van der Waals surface area contributed by atoms with E-state index in [1.807, 2.05) is 37.3 Å². The summed E-state index contributed by atoms with van der Waals surface area (Å²) in [4.78, 5) is 12.0. The van der Waals surface area contributed by atoms with Crippen LogP contribution in [0.1, 0.15) is 53.4 Å². The standard InChI is InChI=1S/C31H32FN5O3S/c1-21-5-8-28-29(15-21)37(18-25-11-14-41(25,38)39)30(34-28)19-36-12-9-23(10-13-36)27-3-2-4-31(35-27)40-20-24-7-6-22(17-33)16-26(24)32/h2-8,15-16,23,25H,9-14,18-20H2,1H3/t25-/m0/s1. The molecule has 0 aliphatic carbocycles. The minimum atomic E-state index is -3.00. The van der Waals surface area contributed by atoms with Crippen molar-refractivity contribution in [2.45, 2.75) is 57.1 Å². The number of ether oxygens (including phenoxy) is 1. The minimum Gasteiger partial charge on any atom is -0.473 e. The Hall–Kier alpha value is -3.81. The number of nitriles is 1. The van der Waals surface area contributed by atoms with Crippen LogP contribution in [0.5, 0.6) is 5.88 Å². The van der Waals surface area contributed by atoms with E-state index in [1.165, 1.54) is 6.07 Å². The number of rotatable bonds is 8. The number of sulfone groups is 1. The molecule has 4 aromatic rings. The fraction of sp³-hybridized carbons (Fsp3) is 0.387. The van der Waals surface area contributed by atoms with Crippen LogP contribution in [-0.2, 0) is 29.5 Å². The molecule has 0 radical (unpaired) electrons. The van der Waals surface area contributed by atoms with E-state index in [9.17, 15) is 12.8 Å². The zero-order valence-corrected chi connectivity index (χ0v) is 23.8. The van der Waals surface area contributed by atoms with Crippen molar-refractivity contribution in [2.24, 2.45) is 0 Å². The summed E-state index contributed by atoms with van der Waals surface area (Å²) in [5, 5.41) is 8.60. The lowest BCUT2D eigenvalue weighted by atomic mass is 9.93. The van der Waals surface area contributed by atoms with E-state index >= 15 is 0 Å². The summed E-state index contributed by atoms with van der Waals surface area (Å²) in [6.07, 6.45) is 2.56. The first kappa shape index (κ1) is 27.4. The van der Waals surface area contributed by atoms with Gasteiger partial charge < -0.3 is 9.30 Å². The molecule has 2 saturated heterocycles. The molecule has 212 valence electrons. The van der Waals surface area contributed by atoms with Crippen LogP contribution >= 0.6 is 0 Å². The smallest absolute Gasteiger partial charge is 0.213 e. The Morgan fingerprint density at radius 2 is 1.90 bits per heavy atom. The molecule has 2 aromatic carbocycles. The van der Waals surface area contributed by atoms with Crippen molar-refractivity contribution >= 4 is 20.9 Å². The molecule has 0 saturated carbocycles. The highest BCUT2D eigenvalue weighted by molar-refractivity contribution is 7.93. The number of benzene rings is 2. The van der Waals surface area contributed by atoms with Gasteiger partial charge in [-0.1, -0.05) is 18.2 Å². The van der Waals surface area contributed by atoms with Gasteiger partial charge in [0, 0.05) is 29.8 Å². The predicted molar refractivity (Wildman–Crippen MR) is 154 cm³/mol. The number of hydrogen-bond acceptors (Lipinski definition) is 7. The number of fused-ring (bicyclic) bond motifs is 1. The second kappa shape index (κ2) is 11.2. The van der Waals surface area contributed by atoms with Crippen LogP contribution in [0.2, 0.25) is 0 Å². The Labute approximate surface area is 239 Å². The number of halogens is 1. The van der Waals surface area contributed by atoms with Crippen molar-refractivity contribution < 1.29 is 17.5 Å². The molecule has 2 aromatic heterocycles. The Kier molecular flexibility index (Phi) is 7.49. The van der Waals surface area contributed by atoms with E-state index < -0.39 is 15.7 Å². The van der Waals surface area contributed by atoms with Crippen molar-refractivity contribution in [2.75, 3.05) is 18.8 Å². The number of aromatic nitrogens is 3. The van der Waals surface area contributed by atoms with Crippen LogP contribution in [0.25, 0.3) is 11.0 Å². The topological polar surface area (TPSA) is 101 Å². The Bertz CT molecular complexity index is 1740. The Morgan fingerprint density at radius 3 is 2.61 bits per heavy atom. The normalized spacial score (nSPS) is 19.1. The van der Waals surface area contributed by atoms with Crippen molar-refractivity contribution in [1.82, 2.24) is 19.4 Å². The minimum absolute atomic E-state index is 0.0368. The average Bonchev–Trinajstić information content (AvgIpc) is 3.30. The summed E-state index contributed by atoms with van der Waals surface area (Å²) in [7, 11) is -3.00. The van der Waals surface area contributed by atoms with Gasteiger partial charge in [-0.05, 0) is 75.2 Å². The van der Waals surface area contributed by atoms with Crippen molar-refractivity contribution in [3.8, 4) is 11.9 Å². The number of nitrogens with zero attached hydrogens (tertiary/aromatic N) is 5. The van der Waals surface area contributed by atoms with E-state index in [2.05, 4.69) is 15.5 Å². The molecular formula is C31H32FN5O3S. The summed E-state index contributed by atoms with van der Waals surface area (Å²) in [5.74, 6) is 1.45. The zero-order chi connectivity index (χ0) is 28.6. The molecule has 0 unspecified atom stereocenters. The summed E-state index contributed by atoms with van der Waals surface area (Å²) < 4.78 is 46.8. The van der Waals surface area contributed by atoms with E-state index in [0.29, 0.717) is 31.0 Å². The van der Waals surface area contributed by atoms with Gasteiger partial charge in [-0.15, -0.1) is 0 Å². The molecule has 41 heavy (non-hydrogen) atoms. The van der Waals surface area contributed by atoms with E-state index in [0.717, 1.165) is 54.0 Å². The predicted octanol–water partition coefficient (Wildman–Crippen LogP) is 4.90. The van der Waals surface area contributed by atoms with E-state index in [4.69, 9.17) is 20.0 Å². The van der Waals surface area contributed by atoms with Crippen LogP contribution in [0, 0.1) is 24.1 Å². The molecule has 0 bridgehead atoms. The number of likely N-dealkylation sites (tertiary alicyclic amines) is 1. The second-order valence-electron chi connectivity index (χ2n) is 11.1. The zero-order valence-electron chi connectivity index (χ0n) is 23.0. The number of pyridine rings is 1. The van der Waals surface area contributed by atoms with E-state index in [-0.39, 0.29) is 29.1 Å². The van der Waals surface area contributed by atoms with Gasteiger partial charge >= 0.3 is 0 Å². The number of hydrogen-bond donors (Lipinski definition) is 0. The second-order valence-corrected chi connectivity index (χ2v) is 13.5. The fourth-order valence-electron chi connectivity index (χ4n) is 5.70. The summed E-state index contributed by atoms with van der Waals surface area (Å²) in [6.45, 7) is 4.95. The molecule has 8 nitrogen and oxygen atoms in total. The first-order valence-corrected chi connectivity index (χ1v) is 15.7. The van der Waals surface area contributed by atoms with Gasteiger partial charge in [-0.25, -0.2) is 22.8 Å². The molecule has 2 aliphatic heterocycles. The van der Waals surface area contributed by atoms with Crippen molar-refractivity contribution in [1.29, 1.82) is 5.26 Å². The monoisotopic (exact) mass is 573 g/mol. The van der Waals surface area contributed by atoms with Crippen molar-refractivity contribution in [3.05, 3.63) is 88.6 Å². The maximum absolute atomic E-state index is 14.2. The van der Waals surface area contributed by atoms with Crippen LogP contribution in [0.3, 0.4) is 0 Å². The lowest BCUT2D eigenvalue weighted by molar-refractivity contribution is 0.196. The molecule has 4 heterocycles. The molecule has 2 fully saturated rings. The third-order valence-electron chi connectivity index (χ3n) is 8.27. The summed E-state index contributed by atoms with van der Waals surface area (Å²) in [5.41, 5.74) is 4.64. The summed E-state index contributed by atoms with van der Waals surface area (Å²) >= 11 is 0. The number of imidazole rings is 1. The number of piperidine rings is 1. The SMILES string of the molecule is Cc1ccc2nc(CN3CCC(c4cccc(OCc5ccc(C#N)cc5F)n4)CC3)n(C[C@@H]3CCS3(=O)=O)c2c1. The molecule has 6 rings (SSSR count). The lowest BCUT2D eigenvalue weighted by Crippen LogP contribution is -2.40. The molecule has 10 heteroatoms. The fourth-order valence-corrected chi connectivity index (χ4v) is 7.03. The molecular weight excluding hydrogens is 541 g/mol. The Morgan fingerprint density at radius 1 is 1.07 bits per heavy atom. The first-order chi connectivity index (χ1) is 19.8. The number of aryl methyl sites for hydroxylation is 1. The quantitative estimate of drug-likeness (QED) is 0.296. The van der Waals surface area contributed by atoms with Crippen LogP contribution in [0.4, 0.5) is 4.39 Å². The van der Waals surface area contributed by atoms with Gasteiger partial charge in [0.2, 0.25) is 5.88 Å². The van der Waals surface area contributed by atoms with Gasteiger partial charge in [-0.2, -0.15) is 5.26 Å². The lowest BCUT2D eigenvalue weighted by Gasteiger charge is -2.32. The Balaban J connectivity index is 1.10. The largest absolute Gasteiger partial charge is 0.473 e. The van der Waals surface area contributed by atoms with Crippen molar-refractivity contribution in [3.63, 3.8) is 0 Å². The van der Waals surface area contributed by atoms with Gasteiger partial charge in [0.05, 0.1) is 40.2 Å². The van der Waals surface area contributed by atoms with Crippen LogP contribution < -0.4 is 4.74 Å². The third-order valence-corrected chi connectivity index (χ3v) is 10.5. The molecule has 2 aliphatic rings.